The number of carbonyl (C=O) groups is 2. The van der Waals surface area contributed by atoms with Crippen LogP contribution in [-0.4, -0.2) is 37.1 Å². The van der Waals surface area contributed by atoms with Gasteiger partial charge in [0.05, 0.1) is 11.5 Å². The lowest BCUT2D eigenvalue weighted by molar-refractivity contribution is -0.203. The van der Waals surface area contributed by atoms with Gasteiger partial charge in [-0.25, -0.2) is 4.21 Å². The van der Waals surface area contributed by atoms with Crippen molar-refractivity contribution in [2.45, 2.75) is 237 Å². The van der Waals surface area contributed by atoms with Gasteiger partial charge in [-0.2, -0.15) is 0 Å². The third-order valence-electron chi connectivity index (χ3n) is 26.5. The number of rotatable bonds is 2. The molecule has 18 atom stereocenters. The van der Waals surface area contributed by atoms with Crippen LogP contribution >= 0.6 is 44.6 Å². The third kappa shape index (κ3) is 8.08. The van der Waals surface area contributed by atoms with E-state index in [1.165, 1.54) is 64.2 Å². The molecule has 0 aromatic heterocycles. The van der Waals surface area contributed by atoms with Crippen LogP contribution in [-0.2, 0) is 18.8 Å². The van der Waals surface area contributed by atoms with Crippen molar-refractivity contribution in [2.24, 2.45) is 100 Å². The standard InChI is InChI=1S/C30H46Cl2O.C30H48O3.Cl2OS/c2*1-25(2)21-10-13-30(7)22(28(21,5)12-11-23(25)31)9-8-19-20-18-27(4,24(32)33)15-14-26(20,3)16-17-29(19,30)6;1-4(2)3/h8,20-23H,9-18H2,1-7H3;8,20-23,31H,9-18H2,1-7H3,(H,32,33);/t2*20-,21?,22?,23-,26+,27-,28-,29+,30+;/m00./s1. The van der Waals surface area contributed by atoms with Gasteiger partial charge in [0.15, 0.2) is 0 Å². The molecule has 0 spiro atoms. The van der Waals surface area contributed by atoms with Crippen LogP contribution in [0.5, 0.6) is 0 Å². The number of carboxylic acid groups (broad SMARTS) is 1. The number of hydrogen-bond donors (Lipinski definition) is 2. The van der Waals surface area contributed by atoms with Crippen LogP contribution in [0.2, 0.25) is 0 Å². The van der Waals surface area contributed by atoms with E-state index in [1.807, 2.05) is 6.92 Å². The zero-order valence-corrected chi connectivity index (χ0v) is 49.8. The first-order valence-electron chi connectivity index (χ1n) is 27.9. The Bertz CT molecular complexity index is 2040. The van der Waals surface area contributed by atoms with Crippen molar-refractivity contribution in [2.75, 3.05) is 0 Å². The predicted octanol–water partition coefficient (Wildman–Crippen LogP) is 17.4. The number of alkyl halides is 1. The fourth-order valence-corrected chi connectivity index (χ4v) is 21.5. The van der Waals surface area contributed by atoms with E-state index < -0.39 is 20.6 Å². The highest BCUT2D eigenvalue weighted by molar-refractivity contribution is 8.26. The summed E-state index contributed by atoms with van der Waals surface area (Å²) in [5.74, 6) is 2.93. The molecule has 4 unspecified atom stereocenters. The molecule has 10 aliphatic rings. The zero-order chi connectivity index (χ0) is 52.1. The molecule has 70 heavy (non-hydrogen) atoms. The van der Waals surface area contributed by atoms with Crippen molar-refractivity contribution in [3.63, 3.8) is 0 Å². The average Bonchev–Trinajstić information content (AvgIpc) is 3.25. The van der Waals surface area contributed by atoms with E-state index in [2.05, 4.69) is 124 Å². The molecular weight excluding hydrogens is 975 g/mol. The Labute approximate surface area is 446 Å². The Morgan fingerprint density at radius 1 is 0.543 bits per heavy atom. The summed E-state index contributed by atoms with van der Waals surface area (Å²) in [6.45, 7) is 34.2. The minimum atomic E-state index is -1.67. The van der Waals surface area contributed by atoms with E-state index in [1.54, 1.807) is 11.1 Å². The van der Waals surface area contributed by atoms with E-state index in [0.29, 0.717) is 51.2 Å². The van der Waals surface area contributed by atoms with Crippen LogP contribution in [0.25, 0.3) is 0 Å². The zero-order valence-electron chi connectivity index (χ0n) is 46.0. The Kier molecular flexibility index (Phi) is 14.4. The van der Waals surface area contributed by atoms with Crippen molar-refractivity contribution in [3.8, 4) is 0 Å². The van der Waals surface area contributed by atoms with Gasteiger partial charge in [0, 0.05) is 32.2 Å². The Morgan fingerprint density at radius 2 is 0.929 bits per heavy atom. The highest BCUT2D eigenvalue weighted by Crippen LogP contribution is 2.78. The lowest BCUT2D eigenvalue weighted by atomic mass is 9.33. The molecule has 0 amide bonds. The molecule has 5 nitrogen and oxygen atoms in total. The molecule has 0 heterocycles. The fraction of sp³-hybridized carbons (Fsp3) is 0.900. The van der Waals surface area contributed by atoms with Crippen molar-refractivity contribution in [3.05, 3.63) is 23.3 Å². The summed E-state index contributed by atoms with van der Waals surface area (Å²) < 4.78 is 9.09. The fourth-order valence-electron chi connectivity index (χ4n) is 21.0. The number of carboxylic acids is 1. The van der Waals surface area contributed by atoms with Crippen molar-refractivity contribution < 1.29 is 24.0 Å². The number of halogens is 4. The molecular formula is C60H94Cl4O5S. The average molecular weight is 1070 g/mol. The summed E-state index contributed by atoms with van der Waals surface area (Å²) in [6.07, 6.45) is 27.8. The Hall–Kier alpha value is -0.110. The molecule has 0 bridgehead atoms. The van der Waals surface area contributed by atoms with Gasteiger partial charge in [0.25, 0.3) is 0 Å². The van der Waals surface area contributed by atoms with Gasteiger partial charge in [-0.1, -0.05) is 113 Å². The maximum Gasteiger partial charge on any atom is 0.309 e. The summed E-state index contributed by atoms with van der Waals surface area (Å²) in [4.78, 5) is 24.7. The van der Waals surface area contributed by atoms with Crippen LogP contribution in [0.3, 0.4) is 0 Å². The summed E-state index contributed by atoms with van der Waals surface area (Å²) in [7, 11) is 7.36. The first kappa shape index (κ1) is 56.1. The number of aliphatic carboxylic acids is 1. The second kappa shape index (κ2) is 18.0. The van der Waals surface area contributed by atoms with Gasteiger partial charge in [0.2, 0.25) is 14.5 Å². The summed E-state index contributed by atoms with van der Waals surface area (Å²) >= 11 is 13.1. The molecule has 8 fully saturated rings. The molecule has 10 heteroatoms. The van der Waals surface area contributed by atoms with Gasteiger partial charge < -0.3 is 10.2 Å². The second-order valence-corrected chi connectivity index (χ2v) is 33.4. The number of carbonyl (C=O) groups excluding carboxylic acids is 1. The van der Waals surface area contributed by atoms with E-state index in [4.69, 9.17) is 27.4 Å². The minimum Gasteiger partial charge on any atom is -0.481 e. The molecule has 0 saturated heterocycles. The second-order valence-electron chi connectivity index (χ2n) is 30.0. The first-order valence-corrected chi connectivity index (χ1v) is 31.5. The largest absolute Gasteiger partial charge is 0.481 e. The highest BCUT2D eigenvalue weighted by atomic mass is 36.0. The van der Waals surface area contributed by atoms with Crippen LogP contribution < -0.4 is 0 Å². The van der Waals surface area contributed by atoms with Crippen molar-refractivity contribution in [1.82, 2.24) is 0 Å². The molecule has 0 aliphatic heterocycles. The van der Waals surface area contributed by atoms with Gasteiger partial charge in [-0.15, -0.1) is 11.6 Å². The van der Waals surface area contributed by atoms with Crippen LogP contribution in [0.4, 0.5) is 0 Å². The highest BCUT2D eigenvalue weighted by Gasteiger charge is 2.70. The van der Waals surface area contributed by atoms with Gasteiger partial charge in [0.1, 0.15) is 0 Å². The summed E-state index contributed by atoms with van der Waals surface area (Å²) in [6, 6.07) is 0. The molecule has 10 aliphatic carbocycles. The lowest BCUT2D eigenvalue weighted by Crippen LogP contribution is -2.64. The number of fused-ring (bicyclic) bond motifs is 14. The number of aliphatic hydroxyl groups excluding tert-OH is 1. The molecule has 0 aromatic carbocycles. The van der Waals surface area contributed by atoms with Crippen LogP contribution in [0.1, 0.15) is 225 Å². The predicted molar refractivity (Wildman–Crippen MR) is 292 cm³/mol. The number of aliphatic hydroxyl groups is 1. The van der Waals surface area contributed by atoms with Crippen LogP contribution in [0.15, 0.2) is 23.3 Å². The molecule has 8 saturated carbocycles. The van der Waals surface area contributed by atoms with E-state index in [-0.39, 0.29) is 54.7 Å². The normalized spacial score (nSPS) is 52.7. The quantitative estimate of drug-likeness (QED) is 0.163. The van der Waals surface area contributed by atoms with E-state index in [0.717, 1.165) is 70.1 Å². The van der Waals surface area contributed by atoms with Crippen molar-refractivity contribution in [1.29, 1.82) is 0 Å². The molecule has 398 valence electrons. The van der Waals surface area contributed by atoms with Gasteiger partial charge in [-0.3, -0.25) is 9.59 Å². The maximum absolute atomic E-state index is 12.5. The van der Waals surface area contributed by atoms with Crippen LogP contribution in [0, 0.1) is 100 Å². The number of hydrogen-bond acceptors (Lipinski definition) is 4. The maximum atomic E-state index is 12.5. The smallest absolute Gasteiger partial charge is 0.309 e. The third-order valence-corrected chi connectivity index (χ3v) is 27.8. The monoisotopic (exact) mass is 1070 g/mol. The Morgan fingerprint density at radius 3 is 1.36 bits per heavy atom. The van der Waals surface area contributed by atoms with Gasteiger partial charge >= 0.3 is 5.97 Å². The minimum absolute atomic E-state index is 0.0168. The summed E-state index contributed by atoms with van der Waals surface area (Å²) in [5, 5.41) is 21.1. The lowest BCUT2D eigenvalue weighted by Gasteiger charge is -2.71. The number of allylic oxidation sites excluding steroid dienone is 4. The molecule has 10 rings (SSSR count). The first-order chi connectivity index (χ1) is 32.0. The van der Waals surface area contributed by atoms with E-state index in [9.17, 15) is 19.8 Å². The van der Waals surface area contributed by atoms with E-state index >= 15 is 0 Å². The summed E-state index contributed by atoms with van der Waals surface area (Å²) in [5.41, 5.74) is 4.71. The van der Waals surface area contributed by atoms with Gasteiger partial charge in [-0.05, 0) is 237 Å². The molecule has 0 radical (unpaired) electrons. The topological polar surface area (TPSA) is 91.7 Å². The van der Waals surface area contributed by atoms with Crippen molar-refractivity contribution >= 4 is 65.0 Å². The molecule has 2 N–H and O–H groups in total. The Balaban J connectivity index is 0.000000175. The SMILES string of the molecule is CC1(C)C2CC[C@]3(C)C(CC=C4[C@@H]5C[C@@](C)(C(=O)Cl)CC[C@]5(C)CC[C@]43C)[C@@]2(C)CC[C@@H]1Cl.CC1(C)C2CC[C@]3(C)C(CC=C4[C@@H]5C[C@@](C)(C(=O)O)CC[C@]5(C)CC[C@]43C)[C@@]2(C)CC[C@@H]1O.O=S(Cl)Cl. The molecule has 0 aromatic rings.